The number of halogens is 3. The minimum atomic E-state index is -5.03. The number of nitrogens with zero attached hydrogens (tertiary/aromatic N) is 1. The van der Waals surface area contributed by atoms with E-state index in [4.69, 9.17) is 21.2 Å². The van der Waals surface area contributed by atoms with Crippen LogP contribution in [0, 0.1) is 11.6 Å². The zero-order chi connectivity index (χ0) is 29.9. The lowest BCUT2D eigenvalue weighted by Crippen LogP contribution is -2.18. The summed E-state index contributed by atoms with van der Waals surface area (Å²) in [4.78, 5) is 19.9. The minimum Gasteiger partial charge on any atom is -0.345 e. The van der Waals surface area contributed by atoms with Gasteiger partial charge in [0.25, 0.3) is 0 Å². The van der Waals surface area contributed by atoms with Crippen LogP contribution in [0.1, 0.15) is 38.9 Å². The molecule has 0 saturated heterocycles. The second-order valence-electron chi connectivity index (χ2n) is 6.64. The zero-order valence-corrected chi connectivity index (χ0v) is 18.3. The predicted octanol–water partition coefficient (Wildman–Crippen LogP) is 5.54. The maximum atomic E-state index is 15.6. The van der Waals surface area contributed by atoms with Gasteiger partial charge in [-0.3, -0.25) is 9.52 Å². The number of hydrogen-bond acceptors (Lipinski definition) is 4. The van der Waals surface area contributed by atoms with Gasteiger partial charge in [-0.1, -0.05) is 30.7 Å². The number of anilines is 1. The second kappa shape index (κ2) is 8.92. The molecule has 0 unspecified atom stereocenters. The van der Waals surface area contributed by atoms with Crippen molar-refractivity contribution in [3.8, 4) is 11.1 Å². The minimum absolute atomic E-state index is 0.0870. The van der Waals surface area contributed by atoms with Crippen LogP contribution in [-0.4, -0.2) is 29.9 Å². The first-order valence-electron chi connectivity index (χ1n) is 12.8. The highest BCUT2D eigenvalue weighted by atomic mass is 35.5. The van der Waals surface area contributed by atoms with E-state index in [2.05, 4.69) is 9.97 Å². The molecular weight excluding hydrogens is 472 g/mol. The van der Waals surface area contributed by atoms with Crippen molar-refractivity contribution < 1.29 is 31.6 Å². The van der Waals surface area contributed by atoms with E-state index in [0.29, 0.717) is 10.6 Å². The summed E-state index contributed by atoms with van der Waals surface area (Å²) in [5.74, 6) is -5.33. The summed E-state index contributed by atoms with van der Waals surface area (Å²) in [6.45, 7) is 1.19. The Labute approximate surface area is 203 Å². The molecule has 0 bridgehead atoms. The highest BCUT2D eigenvalue weighted by molar-refractivity contribution is 7.92. The average molecular weight is 497 g/mol. The number of aromatic nitrogens is 2. The summed E-state index contributed by atoms with van der Waals surface area (Å²) in [5.41, 5.74) is -6.62. The van der Waals surface area contributed by atoms with Crippen LogP contribution >= 0.6 is 11.6 Å². The molecule has 10 heteroatoms. The molecule has 2 aromatic heterocycles. The first-order valence-corrected chi connectivity index (χ1v) is 11.2. The van der Waals surface area contributed by atoms with E-state index in [0.717, 1.165) is 0 Å². The van der Waals surface area contributed by atoms with Gasteiger partial charge in [0.05, 0.1) is 23.8 Å². The molecule has 0 aliphatic heterocycles. The third-order valence-electron chi connectivity index (χ3n) is 4.44. The second-order valence-corrected chi connectivity index (χ2v) is 8.58. The van der Waals surface area contributed by atoms with Gasteiger partial charge in [0, 0.05) is 36.6 Å². The monoisotopic (exact) mass is 496 g/mol. The van der Waals surface area contributed by atoms with Gasteiger partial charge in [0.1, 0.15) is 11.5 Å². The molecular formula is C23H18ClF2N3O3S. The van der Waals surface area contributed by atoms with Crippen molar-refractivity contribution in [3.05, 3.63) is 82.5 Å². The van der Waals surface area contributed by atoms with Crippen molar-refractivity contribution in [1.29, 1.82) is 0 Å². The summed E-state index contributed by atoms with van der Waals surface area (Å²) >= 11 is 5.90. The van der Waals surface area contributed by atoms with Crippen LogP contribution in [0.4, 0.5) is 14.5 Å². The Hall–Kier alpha value is -3.30. The number of hydrogen-bond donors (Lipinski definition) is 2. The fourth-order valence-corrected chi connectivity index (χ4v) is 3.96. The summed E-state index contributed by atoms with van der Waals surface area (Å²) in [7, 11) is -5.03. The molecule has 0 spiro atoms. The number of aromatic amines is 1. The quantitative estimate of drug-likeness (QED) is 0.328. The SMILES string of the molecule is [2H]c1nc2[nH]c([2H])c(C(=O)c3c(F)c([2H])c([2H])c(NS(=O)(=O)C([2H])([2H])CC)c3F)c2c([2H])c1-c1ccc(Cl)cc1. The van der Waals surface area contributed by atoms with Gasteiger partial charge >= 0.3 is 0 Å². The van der Waals surface area contributed by atoms with Crippen LogP contribution < -0.4 is 4.72 Å². The molecule has 0 fully saturated rings. The number of H-pyrrole nitrogens is 1. The standard InChI is InChI=1S/C23H18ClF2N3O3S/c1-2-9-33(31,32)29-19-8-7-18(25)20(21(19)26)22(30)17-12-28-23-16(17)10-14(11-27-23)13-3-5-15(24)6-4-13/h3-8,10-12,29H,2,9H2,1H3,(H,27,28)/i7D,8D,9D2,10D,11D,12D. The van der Waals surface area contributed by atoms with Crippen LogP contribution in [0.3, 0.4) is 0 Å². The fraction of sp³-hybridized carbons (Fsp3) is 0.130. The Balaban J connectivity index is 1.98. The van der Waals surface area contributed by atoms with Crippen molar-refractivity contribution in [3.63, 3.8) is 0 Å². The molecule has 2 N–H and O–H groups in total. The summed E-state index contributed by atoms with van der Waals surface area (Å²) in [6.07, 6.45) is -1.73. The number of fused-ring (bicyclic) bond motifs is 1. The molecule has 170 valence electrons. The lowest BCUT2D eigenvalue weighted by Gasteiger charge is -2.11. The van der Waals surface area contributed by atoms with Crippen LogP contribution in [0.2, 0.25) is 5.02 Å². The van der Waals surface area contributed by atoms with Crippen molar-refractivity contribution in [1.82, 2.24) is 9.97 Å². The maximum Gasteiger partial charge on any atom is 0.232 e. The van der Waals surface area contributed by atoms with Crippen molar-refractivity contribution in [2.45, 2.75) is 13.3 Å². The van der Waals surface area contributed by atoms with Crippen LogP contribution in [-0.2, 0) is 10.0 Å². The van der Waals surface area contributed by atoms with E-state index >= 15 is 8.78 Å². The number of sulfonamides is 1. The van der Waals surface area contributed by atoms with Crippen LogP contribution in [0.25, 0.3) is 22.2 Å². The Bertz CT molecular complexity index is 1820. The predicted molar refractivity (Wildman–Crippen MR) is 124 cm³/mol. The number of benzene rings is 2. The van der Waals surface area contributed by atoms with Gasteiger partial charge in [-0.2, -0.15) is 0 Å². The number of ketones is 1. The number of carbonyl (C=O) groups excluding carboxylic acids is 1. The highest BCUT2D eigenvalue weighted by Crippen LogP contribution is 2.30. The Kier molecular flexibility index (Phi) is 4.19. The van der Waals surface area contributed by atoms with E-state index in [-0.39, 0.29) is 16.6 Å². The first-order chi connectivity index (χ1) is 18.5. The van der Waals surface area contributed by atoms with Crippen LogP contribution in [0.5, 0.6) is 0 Å². The molecule has 0 amide bonds. The lowest BCUT2D eigenvalue weighted by molar-refractivity contribution is 0.103. The Morgan fingerprint density at radius 3 is 2.67 bits per heavy atom. The summed E-state index contributed by atoms with van der Waals surface area (Å²) in [5, 5.41) is -0.0177. The molecule has 0 aliphatic carbocycles. The largest absolute Gasteiger partial charge is 0.345 e. The summed E-state index contributed by atoms with van der Waals surface area (Å²) < 4.78 is 113. The van der Waals surface area contributed by atoms with E-state index in [1.807, 2.05) is 0 Å². The molecule has 0 aliphatic rings. The fourth-order valence-electron chi connectivity index (χ4n) is 2.97. The van der Waals surface area contributed by atoms with Crippen molar-refractivity contribution in [2.24, 2.45) is 0 Å². The molecule has 0 saturated carbocycles. The number of pyridine rings is 1. The van der Waals surface area contributed by atoms with Gasteiger partial charge in [-0.25, -0.2) is 22.2 Å². The molecule has 2 aromatic carbocycles. The van der Waals surface area contributed by atoms with Gasteiger partial charge in [0.2, 0.25) is 15.8 Å². The van der Waals surface area contributed by atoms with E-state index in [9.17, 15) is 13.2 Å². The third-order valence-corrected chi connectivity index (χ3v) is 5.83. The molecule has 0 radical (unpaired) electrons. The highest BCUT2D eigenvalue weighted by Gasteiger charge is 2.26. The van der Waals surface area contributed by atoms with Gasteiger partial charge < -0.3 is 4.98 Å². The Morgan fingerprint density at radius 2 is 1.97 bits per heavy atom. The van der Waals surface area contributed by atoms with Gasteiger partial charge in [-0.15, -0.1) is 0 Å². The van der Waals surface area contributed by atoms with Gasteiger partial charge in [0.15, 0.2) is 5.82 Å². The number of rotatable bonds is 7. The smallest absolute Gasteiger partial charge is 0.232 e. The van der Waals surface area contributed by atoms with Crippen molar-refractivity contribution >= 4 is 44.1 Å². The van der Waals surface area contributed by atoms with Gasteiger partial charge in [-0.05, 0) is 42.2 Å². The number of carbonyl (C=O) groups is 1. The maximum absolute atomic E-state index is 15.6. The molecule has 4 rings (SSSR count). The average Bonchev–Trinajstić information content (AvgIpc) is 3.22. The summed E-state index contributed by atoms with van der Waals surface area (Å²) in [6, 6.07) is 2.75. The van der Waals surface area contributed by atoms with Crippen LogP contribution in [0.15, 0.2) is 54.7 Å². The molecule has 2 heterocycles. The van der Waals surface area contributed by atoms with E-state index < -0.39 is 86.9 Å². The van der Waals surface area contributed by atoms with E-state index in [1.165, 1.54) is 35.9 Å². The third kappa shape index (κ3) is 4.60. The lowest BCUT2D eigenvalue weighted by atomic mass is 10.00. The molecule has 0 atom stereocenters. The first kappa shape index (κ1) is 15.5. The Morgan fingerprint density at radius 1 is 1.24 bits per heavy atom. The molecule has 33 heavy (non-hydrogen) atoms. The zero-order valence-electron chi connectivity index (χ0n) is 23.7. The number of nitrogens with one attached hydrogen (secondary N) is 2. The normalized spacial score (nSPS) is 15.1. The molecule has 4 aromatic rings. The van der Waals surface area contributed by atoms with E-state index in [1.54, 1.807) is 0 Å². The topological polar surface area (TPSA) is 91.9 Å². The van der Waals surface area contributed by atoms with Crippen molar-refractivity contribution in [2.75, 3.05) is 10.4 Å². The molecule has 6 nitrogen and oxygen atoms in total.